The number of rotatable bonds is 5. The quantitative estimate of drug-likeness (QED) is 0.683. The summed E-state index contributed by atoms with van der Waals surface area (Å²) in [7, 11) is 0. The molecule has 1 saturated heterocycles. The third-order valence-corrected chi connectivity index (χ3v) is 4.90. The number of benzene rings is 2. The van der Waals surface area contributed by atoms with Crippen LogP contribution in [0.5, 0.6) is 0 Å². The number of nitrogens with one attached hydrogen (secondary N) is 2. The van der Waals surface area contributed by atoms with Crippen molar-refractivity contribution in [2.24, 2.45) is 0 Å². The van der Waals surface area contributed by atoms with Crippen LogP contribution in [-0.2, 0) is 4.74 Å². The molecule has 3 aromatic rings. The van der Waals surface area contributed by atoms with E-state index in [0.717, 1.165) is 18.4 Å². The highest BCUT2D eigenvalue weighted by Crippen LogP contribution is 2.18. The van der Waals surface area contributed by atoms with Gasteiger partial charge in [-0.2, -0.15) is 0 Å². The van der Waals surface area contributed by atoms with Crippen LogP contribution in [0.2, 0.25) is 0 Å². The Bertz CT molecular complexity index is 1020. The Labute approximate surface area is 174 Å². The Morgan fingerprint density at radius 1 is 0.900 bits per heavy atom. The molecule has 4 rings (SSSR count). The van der Waals surface area contributed by atoms with E-state index in [-0.39, 0.29) is 23.6 Å². The van der Waals surface area contributed by atoms with Gasteiger partial charge in [-0.25, -0.2) is 4.98 Å². The lowest BCUT2D eigenvalue weighted by atomic mass is 10.1. The van der Waals surface area contributed by atoms with E-state index in [4.69, 9.17) is 4.74 Å². The minimum absolute atomic E-state index is 0.101. The van der Waals surface area contributed by atoms with E-state index in [1.807, 2.05) is 30.3 Å². The lowest BCUT2D eigenvalue weighted by Gasteiger charge is -2.23. The molecule has 152 valence electrons. The molecule has 0 spiro atoms. The summed E-state index contributed by atoms with van der Waals surface area (Å²) in [6.45, 7) is 1.35. The van der Waals surface area contributed by atoms with Crippen LogP contribution in [0.15, 0.2) is 67.0 Å². The van der Waals surface area contributed by atoms with Gasteiger partial charge in [0.2, 0.25) is 0 Å². The minimum atomic E-state index is -0.331. The van der Waals surface area contributed by atoms with Crippen LogP contribution in [0.3, 0.4) is 0 Å². The van der Waals surface area contributed by atoms with Gasteiger partial charge in [0, 0.05) is 36.1 Å². The topological polar surface area (TPSA) is 93.2 Å². The molecule has 7 heteroatoms. The SMILES string of the molecule is O=C(NC1CCOCC1)c1ccc(-c2cncc(C(=O)Nc3ccccc3)n2)cc1. The van der Waals surface area contributed by atoms with Gasteiger partial charge >= 0.3 is 0 Å². The molecule has 0 aliphatic carbocycles. The molecular formula is C23H22N4O3. The second-order valence-electron chi connectivity index (χ2n) is 7.05. The summed E-state index contributed by atoms with van der Waals surface area (Å²) in [6, 6.07) is 16.4. The van der Waals surface area contributed by atoms with Crippen LogP contribution in [0.25, 0.3) is 11.3 Å². The number of amides is 2. The molecule has 0 bridgehead atoms. The first-order valence-corrected chi connectivity index (χ1v) is 9.86. The predicted octanol–water partition coefficient (Wildman–Crippen LogP) is 3.30. The monoisotopic (exact) mass is 402 g/mol. The zero-order valence-electron chi connectivity index (χ0n) is 16.4. The van der Waals surface area contributed by atoms with E-state index in [1.54, 1.807) is 30.5 Å². The molecule has 1 fully saturated rings. The number of carbonyl (C=O) groups excluding carboxylic acids is 2. The third kappa shape index (κ3) is 4.87. The van der Waals surface area contributed by atoms with Gasteiger partial charge in [-0.1, -0.05) is 30.3 Å². The van der Waals surface area contributed by atoms with Gasteiger partial charge in [0.25, 0.3) is 11.8 Å². The van der Waals surface area contributed by atoms with Crippen molar-refractivity contribution in [2.75, 3.05) is 18.5 Å². The maximum atomic E-state index is 12.5. The van der Waals surface area contributed by atoms with E-state index in [9.17, 15) is 9.59 Å². The van der Waals surface area contributed by atoms with Gasteiger partial charge < -0.3 is 15.4 Å². The van der Waals surface area contributed by atoms with Crippen LogP contribution in [0, 0.1) is 0 Å². The summed E-state index contributed by atoms with van der Waals surface area (Å²) < 4.78 is 5.32. The molecule has 2 heterocycles. The fourth-order valence-electron chi connectivity index (χ4n) is 3.23. The number of ether oxygens (including phenoxy) is 1. The maximum absolute atomic E-state index is 12.5. The van der Waals surface area contributed by atoms with Gasteiger partial charge in [-0.3, -0.25) is 14.6 Å². The highest BCUT2D eigenvalue weighted by Gasteiger charge is 2.17. The summed E-state index contributed by atoms with van der Waals surface area (Å²) in [5.41, 5.74) is 2.83. The molecular weight excluding hydrogens is 380 g/mol. The Kier molecular flexibility index (Phi) is 6.10. The number of nitrogens with zero attached hydrogens (tertiary/aromatic N) is 2. The van der Waals surface area contributed by atoms with Crippen LogP contribution in [-0.4, -0.2) is 41.0 Å². The second kappa shape index (κ2) is 9.28. The first kappa shape index (κ1) is 19.7. The molecule has 2 amide bonds. The summed E-state index contributed by atoms with van der Waals surface area (Å²) >= 11 is 0. The highest BCUT2D eigenvalue weighted by molar-refractivity contribution is 6.03. The molecule has 0 atom stereocenters. The second-order valence-corrected chi connectivity index (χ2v) is 7.05. The van der Waals surface area contributed by atoms with Crippen molar-refractivity contribution in [1.29, 1.82) is 0 Å². The summed E-state index contributed by atoms with van der Waals surface area (Å²) in [4.78, 5) is 33.5. The smallest absolute Gasteiger partial charge is 0.275 e. The molecule has 30 heavy (non-hydrogen) atoms. The van der Waals surface area contributed by atoms with Crippen LogP contribution >= 0.6 is 0 Å². The van der Waals surface area contributed by atoms with Crippen molar-refractivity contribution in [2.45, 2.75) is 18.9 Å². The molecule has 7 nitrogen and oxygen atoms in total. The Balaban J connectivity index is 1.44. The van der Waals surface area contributed by atoms with Crippen LogP contribution in [0.1, 0.15) is 33.7 Å². The first-order chi connectivity index (χ1) is 14.7. The van der Waals surface area contributed by atoms with Gasteiger partial charge in [0.05, 0.1) is 18.1 Å². The fourth-order valence-corrected chi connectivity index (χ4v) is 3.23. The molecule has 1 aliphatic heterocycles. The molecule has 0 unspecified atom stereocenters. The number of para-hydroxylation sites is 1. The Morgan fingerprint density at radius 3 is 2.37 bits per heavy atom. The van der Waals surface area contributed by atoms with Gasteiger partial charge in [-0.15, -0.1) is 0 Å². The van der Waals surface area contributed by atoms with Gasteiger partial charge in [0.1, 0.15) is 5.69 Å². The minimum Gasteiger partial charge on any atom is -0.381 e. The molecule has 0 saturated carbocycles. The molecule has 1 aromatic heterocycles. The van der Waals surface area contributed by atoms with Crippen molar-refractivity contribution in [3.05, 3.63) is 78.2 Å². The number of aromatic nitrogens is 2. The summed E-state index contributed by atoms with van der Waals surface area (Å²) in [6.07, 6.45) is 4.68. The van der Waals surface area contributed by atoms with Crippen molar-refractivity contribution in [3.8, 4) is 11.3 Å². The predicted molar refractivity (Wildman–Crippen MR) is 113 cm³/mol. The van der Waals surface area contributed by atoms with E-state index >= 15 is 0 Å². The average Bonchev–Trinajstić information content (AvgIpc) is 2.80. The van der Waals surface area contributed by atoms with E-state index < -0.39 is 0 Å². The highest BCUT2D eigenvalue weighted by atomic mass is 16.5. The maximum Gasteiger partial charge on any atom is 0.275 e. The molecule has 2 N–H and O–H groups in total. The van der Waals surface area contributed by atoms with Crippen LogP contribution < -0.4 is 10.6 Å². The number of carbonyl (C=O) groups is 2. The van der Waals surface area contributed by atoms with E-state index in [1.165, 1.54) is 6.20 Å². The first-order valence-electron chi connectivity index (χ1n) is 9.86. The zero-order chi connectivity index (χ0) is 20.8. The number of hydrogen-bond donors (Lipinski definition) is 2. The Morgan fingerprint density at radius 2 is 1.63 bits per heavy atom. The van der Waals surface area contributed by atoms with Gasteiger partial charge in [0.15, 0.2) is 0 Å². The lowest BCUT2D eigenvalue weighted by Crippen LogP contribution is -2.38. The molecule has 1 aliphatic rings. The lowest BCUT2D eigenvalue weighted by molar-refractivity contribution is 0.0696. The largest absolute Gasteiger partial charge is 0.381 e. The van der Waals surface area contributed by atoms with Crippen molar-refractivity contribution in [3.63, 3.8) is 0 Å². The normalized spacial score (nSPS) is 14.1. The summed E-state index contributed by atoms with van der Waals surface area (Å²) in [5.74, 6) is -0.432. The Hall–Kier alpha value is -3.58. The van der Waals surface area contributed by atoms with Crippen molar-refractivity contribution < 1.29 is 14.3 Å². The number of anilines is 1. The molecule has 2 aromatic carbocycles. The fraction of sp³-hybridized carbons (Fsp3) is 0.217. The number of hydrogen-bond acceptors (Lipinski definition) is 5. The standard InChI is InChI=1S/C23H22N4O3/c28-22(25-19-10-12-30-13-11-19)17-8-6-16(7-9-17)20-14-24-15-21(27-20)23(29)26-18-4-2-1-3-5-18/h1-9,14-15,19H,10-13H2,(H,25,28)(H,26,29). The van der Waals surface area contributed by atoms with Crippen LogP contribution in [0.4, 0.5) is 5.69 Å². The van der Waals surface area contributed by atoms with E-state index in [0.29, 0.717) is 30.2 Å². The van der Waals surface area contributed by atoms with Crippen molar-refractivity contribution >= 4 is 17.5 Å². The third-order valence-electron chi connectivity index (χ3n) is 4.90. The van der Waals surface area contributed by atoms with Gasteiger partial charge in [-0.05, 0) is 37.1 Å². The zero-order valence-corrected chi connectivity index (χ0v) is 16.4. The van der Waals surface area contributed by atoms with E-state index in [2.05, 4.69) is 20.6 Å². The molecule has 0 radical (unpaired) electrons. The average molecular weight is 402 g/mol. The summed E-state index contributed by atoms with van der Waals surface area (Å²) in [5, 5.41) is 5.84. The van der Waals surface area contributed by atoms with Crippen molar-refractivity contribution in [1.82, 2.24) is 15.3 Å².